The van der Waals surface area contributed by atoms with Crippen molar-refractivity contribution in [1.82, 2.24) is 10.3 Å². The Hall–Kier alpha value is -2.36. The number of hydrogen-bond donors (Lipinski definition) is 1. The van der Waals surface area contributed by atoms with Crippen LogP contribution in [-0.2, 0) is 17.0 Å². The second kappa shape index (κ2) is 9.37. The Morgan fingerprint density at radius 2 is 2.00 bits per heavy atom. The van der Waals surface area contributed by atoms with E-state index in [-0.39, 0.29) is 5.91 Å². The largest absolute Gasteiger partial charge is 0.355 e. The smallest absolute Gasteiger partial charge is 0.220 e. The van der Waals surface area contributed by atoms with E-state index < -0.39 is 0 Å². The van der Waals surface area contributed by atoms with Crippen molar-refractivity contribution in [1.29, 1.82) is 5.26 Å². The highest BCUT2D eigenvalue weighted by Gasteiger charge is 2.07. The average Bonchev–Trinajstić information content (AvgIpc) is 3.09. The second-order valence-electron chi connectivity index (χ2n) is 5.75. The molecule has 26 heavy (non-hydrogen) atoms. The number of amides is 1. The minimum atomic E-state index is 0.0577. The highest BCUT2D eigenvalue weighted by atomic mass is 32.2. The summed E-state index contributed by atoms with van der Waals surface area (Å²) in [6, 6.07) is 17.9. The fourth-order valence-corrected chi connectivity index (χ4v) is 4.36. The van der Waals surface area contributed by atoms with E-state index in [2.05, 4.69) is 22.4 Å². The molecule has 1 heterocycles. The number of aromatic nitrogens is 1. The summed E-state index contributed by atoms with van der Waals surface area (Å²) in [5.74, 6) is 1.67. The molecule has 1 N–H and O–H groups in total. The van der Waals surface area contributed by atoms with Gasteiger partial charge in [-0.15, -0.1) is 11.3 Å². The van der Waals surface area contributed by atoms with Crippen LogP contribution >= 0.6 is 23.1 Å². The number of hydrogen-bond acceptors (Lipinski definition) is 5. The lowest BCUT2D eigenvalue weighted by atomic mass is 10.1. The molecule has 1 amide bonds. The second-order valence-corrected chi connectivity index (χ2v) is 7.97. The van der Waals surface area contributed by atoms with Gasteiger partial charge in [0, 0.05) is 30.9 Å². The number of benzene rings is 2. The number of nitrogens with one attached hydrogen (secondary N) is 1. The van der Waals surface area contributed by atoms with Gasteiger partial charge in [-0.1, -0.05) is 30.3 Å². The molecule has 0 aliphatic rings. The van der Waals surface area contributed by atoms with E-state index in [9.17, 15) is 4.79 Å². The van der Waals surface area contributed by atoms with Crippen molar-refractivity contribution in [3.8, 4) is 6.07 Å². The van der Waals surface area contributed by atoms with Crippen molar-refractivity contribution in [3.63, 3.8) is 0 Å². The van der Waals surface area contributed by atoms with Crippen molar-refractivity contribution in [3.05, 3.63) is 64.7 Å². The van der Waals surface area contributed by atoms with Crippen molar-refractivity contribution in [2.24, 2.45) is 0 Å². The van der Waals surface area contributed by atoms with Crippen LogP contribution in [0, 0.1) is 11.3 Å². The molecule has 0 aliphatic carbocycles. The summed E-state index contributed by atoms with van der Waals surface area (Å²) in [6.07, 6.45) is 1.13. The maximum absolute atomic E-state index is 12.0. The number of thiazole rings is 1. The van der Waals surface area contributed by atoms with Crippen LogP contribution in [0.25, 0.3) is 10.2 Å². The number of thioether (sulfide) groups is 1. The molecule has 3 rings (SSSR count). The predicted octanol–water partition coefficient (Wildman–Crippen LogP) is 4.15. The first kappa shape index (κ1) is 18.4. The van der Waals surface area contributed by atoms with Crippen LogP contribution in [0.4, 0.5) is 0 Å². The van der Waals surface area contributed by atoms with Gasteiger partial charge >= 0.3 is 0 Å². The SMILES string of the molecule is N#Cc1ccccc1CSCCNC(=O)CCc1nc2ccccc2s1. The predicted molar refractivity (Wildman–Crippen MR) is 108 cm³/mol. The monoisotopic (exact) mass is 381 g/mol. The number of carbonyl (C=O) groups excluding carboxylic acids is 1. The zero-order chi connectivity index (χ0) is 18.2. The summed E-state index contributed by atoms with van der Waals surface area (Å²) in [7, 11) is 0. The summed E-state index contributed by atoms with van der Waals surface area (Å²) in [4.78, 5) is 16.5. The molecule has 0 spiro atoms. The molecule has 0 aliphatic heterocycles. The molecule has 3 aromatic rings. The van der Waals surface area contributed by atoms with Crippen LogP contribution < -0.4 is 5.32 Å². The molecule has 1 aromatic heterocycles. The van der Waals surface area contributed by atoms with E-state index >= 15 is 0 Å². The van der Waals surface area contributed by atoms with Gasteiger partial charge in [-0.25, -0.2) is 4.98 Å². The Balaban J connectivity index is 1.35. The fraction of sp³-hybridized carbons (Fsp3) is 0.250. The molecule has 0 fully saturated rings. The molecule has 2 aromatic carbocycles. The minimum Gasteiger partial charge on any atom is -0.355 e. The van der Waals surface area contributed by atoms with Gasteiger partial charge in [0.1, 0.15) is 0 Å². The van der Waals surface area contributed by atoms with Crippen molar-refractivity contribution in [2.45, 2.75) is 18.6 Å². The third-order valence-corrected chi connectivity index (χ3v) is 5.97. The molecule has 0 atom stereocenters. The zero-order valence-electron chi connectivity index (χ0n) is 14.3. The molecule has 0 unspecified atom stereocenters. The third kappa shape index (κ3) is 5.07. The van der Waals surface area contributed by atoms with E-state index in [0.717, 1.165) is 37.9 Å². The van der Waals surface area contributed by atoms with E-state index in [1.165, 1.54) is 0 Å². The molecular formula is C20H19N3OS2. The first-order valence-corrected chi connectivity index (χ1v) is 10.4. The summed E-state index contributed by atoms with van der Waals surface area (Å²) in [6.45, 7) is 0.637. The number of para-hydroxylation sites is 1. The maximum Gasteiger partial charge on any atom is 0.220 e. The molecular weight excluding hydrogens is 362 g/mol. The lowest BCUT2D eigenvalue weighted by molar-refractivity contribution is -0.120. The van der Waals surface area contributed by atoms with Gasteiger partial charge in [-0.3, -0.25) is 4.79 Å². The van der Waals surface area contributed by atoms with Crippen LogP contribution in [0.1, 0.15) is 22.6 Å². The summed E-state index contributed by atoms with van der Waals surface area (Å²) in [5.41, 5.74) is 2.77. The highest BCUT2D eigenvalue weighted by molar-refractivity contribution is 7.98. The van der Waals surface area contributed by atoms with Crippen LogP contribution in [0.2, 0.25) is 0 Å². The number of rotatable bonds is 8. The Morgan fingerprint density at radius 3 is 2.85 bits per heavy atom. The summed E-state index contributed by atoms with van der Waals surface area (Å²) < 4.78 is 1.16. The average molecular weight is 382 g/mol. The van der Waals surface area contributed by atoms with Gasteiger partial charge in [0.05, 0.1) is 26.9 Å². The number of nitriles is 1. The van der Waals surface area contributed by atoms with Gasteiger partial charge in [-0.05, 0) is 23.8 Å². The Labute approximate surface area is 161 Å². The van der Waals surface area contributed by atoms with E-state index in [1.807, 2.05) is 42.5 Å². The minimum absolute atomic E-state index is 0.0577. The fourth-order valence-electron chi connectivity index (χ4n) is 2.54. The number of fused-ring (bicyclic) bond motifs is 1. The Morgan fingerprint density at radius 1 is 1.19 bits per heavy atom. The van der Waals surface area contributed by atoms with Crippen molar-refractivity contribution < 1.29 is 4.79 Å². The normalized spacial score (nSPS) is 10.6. The zero-order valence-corrected chi connectivity index (χ0v) is 15.9. The molecule has 6 heteroatoms. The molecule has 0 bridgehead atoms. The van der Waals surface area contributed by atoms with E-state index in [0.29, 0.717) is 19.4 Å². The topological polar surface area (TPSA) is 65.8 Å². The molecule has 132 valence electrons. The first-order valence-electron chi connectivity index (χ1n) is 8.43. The summed E-state index contributed by atoms with van der Waals surface area (Å²) in [5, 5.41) is 13.0. The molecule has 4 nitrogen and oxygen atoms in total. The maximum atomic E-state index is 12.0. The first-order chi connectivity index (χ1) is 12.8. The van der Waals surface area contributed by atoms with Gasteiger partial charge in [0.25, 0.3) is 0 Å². The van der Waals surface area contributed by atoms with Crippen LogP contribution in [0.3, 0.4) is 0 Å². The Kier molecular flexibility index (Phi) is 6.64. The quantitative estimate of drug-likeness (QED) is 0.595. The summed E-state index contributed by atoms with van der Waals surface area (Å²) >= 11 is 3.37. The number of aryl methyl sites for hydroxylation is 1. The highest BCUT2D eigenvalue weighted by Crippen LogP contribution is 2.22. The standard InChI is InChI=1S/C20H19N3OS2/c21-13-15-5-1-2-6-16(15)14-25-12-11-22-19(24)9-10-20-23-17-7-3-4-8-18(17)26-20/h1-8H,9-12,14H2,(H,22,24). The molecule has 0 saturated heterocycles. The van der Waals surface area contributed by atoms with Crippen molar-refractivity contribution >= 4 is 39.2 Å². The van der Waals surface area contributed by atoms with Gasteiger partial charge < -0.3 is 5.32 Å². The van der Waals surface area contributed by atoms with E-state index in [1.54, 1.807) is 23.1 Å². The van der Waals surface area contributed by atoms with Crippen LogP contribution in [0.5, 0.6) is 0 Å². The van der Waals surface area contributed by atoms with Gasteiger partial charge in [0.2, 0.25) is 5.91 Å². The molecule has 0 saturated carbocycles. The number of nitrogens with zero attached hydrogens (tertiary/aromatic N) is 2. The van der Waals surface area contributed by atoms with Gasteiger partial charge in [0.15, 0.2) is 0 Å². The molecule has 0 radical (unpaired) electrons. The van der Waals surface area contributed by atoms with Gasteiger partial charge in [-0.2, -0.15) is 17.0 Å². The van der Waals surface area contributed by atoms with E-state index in [4.69, 9.17) is 5.26 Å². The van der Waals surface area contributed by atoms with Crippen LogP contribution in [0.15, 0.2) is 48.5 Å². The third-order valence-electron chi connectivity index (χ3n) is 3.87. The van der Waals surface area contributed by atoms with Crippen LogP contribution in [-0.4, -0.2) is 23.2 Å². The lowest BCUT2D eigenvalue weighted by Gasteiger charge is -2.06. The van der Waals surface area contributed by atoms with Crippen molar-refractivity contribution in [2.75, 3.05) is 12.3 Å². The Bertz CT molecular complexity index is 897. The number of carbonyl (C=O) groups is 1. The lowest BCUT2D eigenvalue weighted by Crippen LogP contribution is -2.25.